The smallest absolute Gasteiger partial charge is 0.129 e. The van der Waals surface area contributed by atoms with Crippen molar-refractivity contribution in [3.8, 4) is 0 Å². The zero-order valence-electron chi connectivity index (χ0n) is 7.99. The van der Waals surface area contributed by atoms with E-state index in [9.17, 15) is 4.39 Å². The summed E-state index contributed by atoms with van der Waals surface area (Å²) in [6.45, 7) is 5.82. The van der Waals surface area contributed by atoms with Crippen molar-refractivity contribution in [3.63, 3.8) is 0 Å². The predicted octanol–water partition coefficient (Wildman–Crippen LogP) is 3.72. The largest absolute Gasteiger partial charge is 0.383 e. The molecule has 3 heteroatoms. The van der Waals surface area contributed by atoms with E-state index in [1.165, 1.54) is 6.07 Å². The molecule has 0 aliphatic rings. The molecule has 1 rings (SSSR count). The van der Waals surface area contributed by atoms with Gasteiger partial charge in [0.25, 0.3) is 0 Å². The van der Waals surface area contributed by atoms with Crippen molar-refractivity contribution in [2.24, 2.45) is 0 Å². The van der Waals surface area contributed by atoms with Gasteiger partial charge in [-0.15, -0.1) is 0 Å². The third kappa shape index (κ3) is 2.69. The molecule has 1 aromatic rings. The van der Waals surface area contributed by atoms with Crippen molar-refractivity contribution in [1.82, 2.24) is 0 Å². The lowest BCUT2D eigenvalue weighted by molar-refractivity contribution is 0.618. The van der Waals surface area contributed by atoms with Crippen LogP contribution in [0, 0.1) is 12.7 Å². The molecule has 0 heterocycles. The lowest BCUT2D eigenvalue weighted by atomic mass is 10.2. The van der Waals surface area contributed by atoms with Gasteiger partial charge in [-0.25, -0.2) is 4.39 Å². The van der Waals surface area contributed by atoms with Crippen LogP contribution < -0.4 is 5.32 Å². The van der Waals surface area contributed by atoms with Gasteiger partial charge >= 0.3 is 0 Å². The Labute approximate surface area is 86.5 Å². The molecule has 0 bridgehead atoms. The van der Waals surface area contributed by atoms with Gasteiger partial charge in [-0.3, -0.25) is 0 Å². The van der Waals surface area contributed by atoms with Crippen molar-refractivity contribution in [2.45, 2.75) is 26.8 Å². The summed E-state index contributed by atoms with van der Waals surface area (Å²) in [6, 6.07) is 3.67. The average Bonchev–Trinajstić information content (AvgIpc) is 1.98. The van der Waals surface area contributed by atoms with Crippen LogP contribution in [-0.4, -0.2) is 6.04 Å². The van der Waals surface area contributed by atoms with Crippen molar-refractivity contribution in [1.29, 1.82) is 0 Å². The summed E-state index contributed by atoms with van der Waals surface area (Å²) >= 11 is 3.26. The van der Waals surface area contributed by atoms with Crippen molar-refractivity contribution >= 4 is 21.6 Å². The summed E-state index contributed by atoms with van der Waals surface area (Å²) in [5.74, 6) is -0.183. The first-order chi connectivity index (χ1) is 6.00. The quantitative estimate of drug-likeness (QED) is 0.838. The van der Waals surface area contributed by atoms with Crippen LogP contribution in [0.5, 0.6) is 0 Å². The summed E-state index contributed by atoms with van der Waals surface area (Å²) in [7, 11) is 0. The van der Waals surface area contributed by atoms with Gasteiger partial charge in [0.15, 0.2) is 0 Å². The predicted molar refractivity (Wildman–Crippen MR) is 57.6 cm³/mol. The van der Waals surface area contributed by atoms with Crippen LogP contribution in [-0.2, 0) is 0 Å². The Morgan fingerprint density at radius 2 is 2.00 bits per heavy atom. The maximum Gasteiger partial charge on any atom is 0.129 e. The van der Waals surface area contributed by atoms with Gasteiger partial charge in [0.1, 0.15) is 5.82 Å². The fourth-order valence-corrected chi connectivity index (χ4v) is 1.54. The number of nitrogens with one attached hydrogen (secondary N) is 1. The molecule has 0 spiro atoms. The van der Waals surface area contributed by atoms with E-state index in [0.29, 0.717) is 11.6 Å². The molecule has 0 radical (unpaired) electrons. The lowest BCUT2D eigenvalue weighted by Crippen LogP contribution is -2.11. The van der Waals surface area contributed by atoms with Crippen LogP contribution in [0.25, 0.3) is 0 Å². The zero-order valence-corrected chi connectivity index (χ0v) is 9.57. The Kier molecular flexibility index (Phi) is 3.31. The Hall–Kier alpha value is -0.570. The Balaban J connectivity index is 3.05. The standard InChI is InChI=1S/C10H13BrFN/c1-6(2)13-10-5-8(11)4-9(12)7(10)3/h4-6,13H,1-3H3. The van der Waals surface area contributed by atoms with Gasteiger partial charge in [0, 0.05) is 21.8 Å². The molecule has 0 fully saturated rings. The van der Waals surface area contributed by atoms with Crippen molar-refractivity contribution in [2.75, 3.05) is 5.32 Å². The van der Waals surface area contributed by atoms with E-state index in [1.54, 1.807) is 6.92 Å². The summed E-state index contributed by atoms with van der Waals surface area (Å²) in [5.41, 5.74) is 1.51. The second kappa shape index (κ2) is 4.09. The molecule has 0 saturated carbocycles. The molecule has 1 aromatic carbocycles. The minimum Gasteiger partial charge on any atom is -0.383 e. The topological polar surface area (TPSA) is 12.0 Å². The number of halogens is 2. The van der Waals surface area contributed by atoms with E-state index in [2.05, 4.69) is 21.2 Å². The molecular weight excluding hydrogens is 233 g/mol. The van der Waals surface area contributed by atoms with E-state index in [1.807, 2.05) is 19.9 Å². The van der Waals surface area contributed by atoms with E-state index in [4.69, 9.17) is 0 Å². The number of rotatable bonds is 2. The Bertz CT molecular complexity index is 310. The first-order valence-electron chi connectivity index (χ1n) is 4.23. The van der Waals surface area contributed by atoms with Crippen molar-refractivity contribution in [3.05, 3.63) is 28.0 Å². The van der Waals surface area contributed by atoms with Crippen LogP contribution in [0.1, 0.15) is 19.4 Å². The molecular formula is C10H13BrFN. The maximum absolute atomic E-state index is 13.2. The van der Waals surface area contributed by atoms with E-state index >= 15 is 0 Å². The van der Waals surface area contributed by atoms with E-state index < -0.39 is 0 Å². The Morgan fingerprint density at radius 3 is 2.54 bits per heavy atom. The number of hydrogen-bond acceptors (Lipinski definition) is 1. The van der Waals surface area contributed by atoms with Crippen LogP contribution in [0.2, 0.25) is 0 Å². The normalized spacial score (nSPS) is 10.6. The third-order valence-corrected chi connectivity index (χ3v) is 2.21. The third-order valence-electron chi connectivity index (χ3n) is 1.75. The number of anilines is 1. The second-order valence-corrected chi connectivity index (χ2v) is 4.27. The van der Waals surface area contributed by atoms with Gasteiger partial charge in [-0.1, -0.05) is 15.9 Å². The SMILES string of the molecule is Cc1c(F)cc(Br)cc1NC(C)C. The highest BCUT2D eigenvalue weighted by Crippen LogP contribution is 2.24. The molecule has 0 aliphatic heterocycles. The minimum absolute atomic E-state index is 0.183. The zero-order chi connectivity index (χ0) is 10.0. The van der Waals surface area contributed by atoms with Gasteiger partial charge in [-0.2, -0.15) is 0 Å². The first kappa shape index (κ1) is 10.5. The fourth-order valence-electron chi connectivity index (χ4n) is 1.11. The number of benzene rings is 1. The second-order valence-electron chi connectivity index (χ2n) is 3.36. The molecule has 0 unspecified atom stereocenters. The molecule has 1 nitrogen and oxygen atoms in total. The summed E-state index contributed by atoms with van der Waals surface area (Å²) < 4.78 is 14.0. The number of hydrogen-bond donors (Lipinski definition) is 1. The highest BCUT2D eigenvalue weighted by Gasteiger charge is 2.06. The molecule has 0 aliphatic carbocycles. The van der Waals surface area contributed by atoms with Gasteiger partial charge in [0.2, 0.25) is 0 Å². The minimum atomic E-state index is -0.183. The highest BCUT2D eigenvalue weighted by atomic mass is 79.9. The summed E-state index contributed by atoms with van der Waals surface area (Å²) in [5, 5.41) is 3.18. The van der Waals surface area contributed by atoms with E-state index in [0.717, 1.165) is 10.2 Å². The summed E-state index contributed by atoms with van der Waals surface area (Å²) in [4.78, 5) is 0. The van der Waals surface area contributed by atoms with Gasteiger partial charge in [-0.05, 0) is 32.9 Å². The molecule has 72 valence electrons. The van der Waals surface area contributed by atoms with Crippen LogP contribution in [0.3, 0.4) is 0 Å². The molecule has 1 N–H and O–H groups in total. The van der Waals surface area contributed by atoms with Crippen LogP contribution in [0.4, 0.5) is 10.1 Å². The molecule has 13 heavy (non-hydrogen) atoms. The lowest BCUT2D eigenvalue weighted by Gasteiger charge is -2.13. The molecule has 0 amide bonds. The van der Waals surface area contributed by atoms with Crippen LogP contribution in [0.15, 0.2) is 16.6 Å². The average molecular weight is 246 g/mol. The maximum atomic E-state index is 13.2. The monoisotopic (exact) mass is 245 g/mol. The molecule has 0 aromatic heterocycles. The summed E-state index contributed by atoms with van der Waals surface area (Å²) in [6.07, 6.45) is 0. The van der Waals surface area contributed by atoms with Crippen molar-refractivity contribution < 1.29 is 4.39 Å². The van der Waals surface area contributed by atoms with Gasteiger partial charge in [0.05, 0.1) is 0 Å². The highest BCUT2D eigenvalue weighted by molar-refractivity contribution is 9.10. The van der Waals surface area contributed by atoms with Gasteiger partial charge < -0.3 is 5.32 Å². The molecule has 0 atom stereocenters. The fraction of sp³-hybridized carbons (Fsp3) is 0.400. The molecule has 0 saturated heterocycles. The van der Waals surface area contributed by atoms with E-state index in [-0.39, 0.29) is 5.82 Å². The Morgan fingerprint density at radius 1 is 1.38 bits per heavy atom. The first-order valence-corrected chi connectivity index (χ1v) is 5.02. The van der Waals surface area contributed by atoms with Crippen LogP contribution >= 0.6 is 15.9 Å².